The van der Waals surface area contributed by atoms with Gasteiger partial charge in [-0.2, -0.15) is 0 Å². The van der Waals surface area contributed by atoms with Crippen LogP contribution in [0.3, 0.4) is 0 Å². The van der Waals surface area contributed by atoms with Crippen LogP contribution in [0, 0.1) is 0 Å². The van der Waals surface area contributed by atoms with E-state index < -0.39 is 0 Å². The van der Waals surface area contributed by atoms with Gasteiger partial charge >= 0.3 is 0 Å². The van der Waals surface area contributed by atoms with E-state index >= 15 is 0 Å². The first-order valence-electron chi connectivity index (χ1n) is 6.47. The molecule has 96 valence electrons. The summed E-state index contributed by atoms with van der Waals surface area (Å²) < 4.78 is 5.81. The van der Waals surface area contributed by atoms with Gasteiger partial charge in [0, 0.05) is 23.8 Å². The first-order valence-corrected chi connectivity index (χ1v) is 6.47. The summed E-state index contributed by atoms with van der Waals surface area (Å²) >= 11 is 0. The minimum absolute atomic E-state index is 0.223. The maximum Gasteiger partial charge on any atom is 0.130 e. The number of pyridine rings is 1. The van der Waals surface area contributed by atoms with Gasteiger partial charge in [-0.3, -0.25) is 4.98 Å². The lowest BCUT2D eigenvalue weighted by Crippen LogP contribution is -2.01. The number of ether oxygens (including phenoxy) is 1. The number of nitrogens with zero attached hydrogens (tertiary/aromatic N) is 1. The number of hydrogen-bond acceptors (Lipinski definition) is 3. The van der Waals surface area contributed by atoms with Gasteiger partial charge in [0.05, 0.1) is 12.1 Å². The van der Waals surface area contributed by atoms with E-state index in [1.807, 2.05) is 30.3 Å². The average Bonchev–Trinajstić information content (AvgIpc) is 2.43. The molecule has 1 aromatic carbocycles. The Hall–Kier alpha value is -1.61. The molecule has 0 spiro atoms. The van der Waals surface area contributed by atoms with E-state index in [2.05, 4.69) is 11.9 Å². The first-order chi connectivity index (χ1) is 8.85. The Kier molecular flexibility index (Phi) is 4.53. The van der Waals surface area contributed by atoms with Gasteiger partial charge in [0.2, 0.25) is 0 Å². The van der Waals surface area contributed by atoms with E-state index in [0.29, 0.717) is 6.61 Å². The molecule has 0 aliphatic heterocycles. The molecular weight excluding hydrogens is 226 g/mol. The molecule has 0 saturated carbocycles. The van der Waals surface area contributed by atoms with Crippen LogP contribution >= 0.6 is 0 Å². The molecule has 1 aromatic heterocycles. The molecule has 0 atom stereocenters. The van der Waals surface area contributed by atoms with Crippen LogP contribution in [0.4, 0.5) is 0 Å². The van der Waals surface area contributed by atoms with Crippen molar-refractivity contribution in [1.82, 2.24) is 4.98 Å². The Morgan fingerprint density at radius 2 is 2.06 bits per heavy atom. The van der Waals surface area contributed by atoms with Crippen molar-refractivity contribution < 1.29 is 9.84 Å². The van der Waals surface area contributed by atoms with Crippen LogP contribution < -0.4 is 4.74 Å². The normalized spacial score (nSPS) is 10.8. The minimum atomic E-state index is 0.223. The fourth-order valence-electron chi connectivity index (χ4n) is 1.89. The van der Waals surface area contributed by atoms with Crippen molar-refractivity contribution in [2.24, 2.45) is 0 Å². The number of aliphatic hydroxyl groups excluding tert-OH is 1. The predicted molar refractivity (Wildman–Crippen MR) is 72.9 cm³/mol. The van der Waals surface area contributed by atoms with Crippen LogP contribution in [-0.2, 0) is 6.42 Å². The molecule has 2 aromatic rings. The molecule has 3 heteroatoms. The second-order valence-electron chi connectivity index (χ2n) is 4.26. The first kappa shape index (κ1) is 12.8. The molecule has 0 amide bonds. The van der Waals surface area contributed by atoms with Gasteiger partial charge in [-0.15, -0.1) is 0 Å². The van der Waals surface area contributed by atoms with Crippen molar-refractivity contribution in [3.63, 3.8) is 0 Å². The molecule has 1 N–H and O–H groups in total. The zero-order chi connectivity index (χ0) is 12.8. The Morgan fingerprint density at radius 1 is 1.22 bits per heavy atom. The highest BCUT2D eigenvalue weighted by molar-refractivity contribution is 5.85. The molecule has 0 bridgehead atoms. The van der Waals surface area contributed by atoms with E-state index in [4.69, 9.17) is 9.84 Å². The number of aliphatic hydroxyl groups is 1. The van der Waals surface area contributed by atoms with Gasteiger partial charge in [0.15, 0.2) is 0 Å². The van der Waals surface area contributed by atoms with E-state index in [9.17, 15) is 0 Å². The third-order valence-corrected chi connectivity index (χ3v) is 2.90. The zero-order valence-electron chi connectivity index (χ0n) is 10.7. The highest BCUT2D eigenvalue weighted by Crippen LogP contribution is 2.25. The number of rotatable bonds is 6. The summed E-state index contributed by atoms with van der Waals surface area (Å²) in [5.74, 6) is 0.899. The summed E-state index contributed by atoms with van der Waals surface area (Å²) in [5.41, 5.74) is 2.03. The van der Waals surface area contributed by atoms with Crippen molar-refractivity contribution in [2.45, 2.75) is 26.2 Å². The second-order valence-corrected chi connectivity index (χ2v) is 4.26. The van der Waals surface area contributed by atoms with Crippen LogP contribution in [0.5, 0.6) is 5.75 Å². The number of benzene rings is 1. The smallest absolute Gasteiger partial charge is 0.130 e. The van der Waals surface area contributed by atoms with Gasteiger partial charge in [0.1, 0.15) is 5.75 Å². The summed E-state index contributed by atoms with van der Waals surface area (Å²) in [6.07, 6.45) is 2.55. The van der Waals surface area contributed by atoms with Gasteiger partial charge in [0.25, 0.3) is 0 Å². The molecule has 0 aliphatic rings. The third-order valence-electron chi connectivity index (χ3n) is 2.90. The Bertz CT molecular complexity index is 511. The number of fused-ring (bicyclic) bond motifs is 1. The van der Waals surface area contributed by atoms with Crippen molar-refractivity contribution in [3.8, 4) is 5.75 Å². The highest BCUT2D eigenvalue weighted by Gasteiger charge is 2.05. The van der Waals surface area contributed by atoms with Crippen LogP contribution in [-0.4, -0.2) is 23.3 Å². The molecule has 3 nitrogen and oxygen atoms in total. The molecule has 2 rings (SSSR count). The van der Waals surface area contributed by atoms with Crippen LogP contribution in [0.15, 0.2) is 30.3 Å². The minimum Gasteiger partial charge on any atom is -0.493 e. The number of para-hydroxylation sites is 1. The Balaban J connectivity index is 2.23. The van der Waals surface area contributed by atoms with Gasteiger partial charge < -0.3 is 9.84 Å². The van der Waals surface area contributed by atoms with Crippen molar-refractivity contribution in [1.29, 1.82) is 0 Å². The summed E-state index contributed by atoms with van der Waals surface area (Å²) in [7, 11) is 0. The largest absolute Gasteiger partial charge is 0.493 e. The van der Waals surface area contributed by atoms with E-state index in [-0.39, 0.29) is 6.61 Å². The quantitative estimate of drug-likeness (QED) is 0.796. The zero-order valence-corrected chi connectivity index (χ0v) is 10.7. The van der Waals surface area contributed by atoms with Crippen molar-refractivity contribution >= 4 is 10.9 Å². The van der Waals surface area contributed by atoms with E-state index in [1.54, 1.807) is 0 Å². The maximum absolute atomic E-state index is 8.75. The van der Waals surface area contributed by atoms with Crippen molar-refractivity contribution in [3.05, 3.63) is 36.0 Å². The fraction of sp³-hybridized carbons (Fsp3) is 0.400. The monoisotopic (exact) mass is 245 g/mol. The second kappa shape index (κ2) is 6.36. The van der Waals surface area contributed by atoms with Crippen LogP contribution in [0.25, 0.3) is 10.9 Å². The molecule has 0 aliphatic carbocycles. The fourth-order valence-corrected chi connectivity index (χ4v) is 1.89. The SMILES string of the molecule is CCc1cc(OCCCCO)c2ccccc2n1. The summed E-state index contributed by atoms with van der Waals surface area (Å²) in [4.78, 5) is 4.58. The lowest BCUT2D eigenvalue weighted by Gasteiger charge is -2.10. The highest BCUT2D eigenvalue weighted by atomic mass is 16.5. The predicted octanol–water partition coefficient (Wildman–Crippen LogP) is 2.95. The van der Waals surface area contributed by atoms with Gasteiger partial charge in [-0.05, 0) is 31.4 Å². The average molecular weight is 245 g/mol. The number of aryl methyl sites for hydroxylation is 1. The van der Waals surface area contributed by atoms with Crippen molar-refractivity contribution in [2.75, 3.05) is 13.2 Å². The van der Waals surface area contributed by atoms with Crippen LogP contribution in [0.2, 0.25) is 0 Å². The lowest BCUT2D eigenvalue weighted by atomic mass is 10.1. The topological polar surface area (TPSA) is 42.4 Å². The molecule has 0 fully saturated rings. The summed E-state index contributed by atoms with van der Waals surface area (Å²) in [5, 5.41) is 9.81. The summed E-state index contributed by atoms with van der Waals surface area (Å²) in [6.45, 7) is 2.95. The standard InChI is InChI=1S/C15H19NO2/c1-2-12-11-15(18-10-6-5-9-17)13-7-3-4-8-14(13)16-12/h3-4,7-8,11,17H,2,5-6,9-10H2,1H3. The molecule has 0 saturated heterocycles. The summed E-state index contributed by atoms with van der Waals surface area (Å²) in [6, 6.07) is 10.0. The Morgan fingerprint density at radius 3 is 2.83 bits per heavy atom. The van der Waals surface area contributed by atoms with E-state index in [0.717, 1.165) is 41.6 Å². The number of hydrogen-bond donors (Lipinski definition) is 1. The molecule has 1 heterocycles. The number of aromatic nitrogens is 1. The maximum atomic E-state index is 8.75. The molecular formula is C15H19NO2. The molecule has 0 unspecified atom stereocenters. The molecule has 18 heavy (non-hydrogen) atoms. The van der Waals surface area contributed by atoms with Crippen LogP contribution in [0.1, 0.15) is 25.5 Å². The van der Waals surface area contributed by atoms with Gasteiger partial charge in [-0.25, -0.2) is 0 Å². The molecule has 0 radical (unpaired) electrons. The lowest BCUT2D eigenvalue weighted by molar-refractivity contribution is 0.254. The Labute approximate surface area is 107 Å². The van der Waals surface area contributed by atoms with E-state index in [1.165, 1.54) is 0 Å². The van der Waals surface area contributed by atoms with Gasteiger partial charge in [-0.1, -0.05) is 19.1 Å². The number of unbranched alkanes of at least 4 members (excludes halogenated alkanes) is 1. The third kappa shape index (κ3) is 2.99.